The van der Waals surface area contributed by atoms with Crippen LogP contribution in [0.15, 0.2) is 24.3 Å². The number of carbonyl (C=O) groups excluding carboxylic acids is 1. The number of nitrogens with zero attached hydrogens (tertiary/aromatic N) is 2. The summed E-state index contributed by atoms with van der Waals surface area (Å²) in [5.74, 6) is -0.262. The Kier molecular flexibility index (Phi) is 5.87. The molecule has 1 unspecified atom stereocenters. The average Bonchev–Trinajstić information content (AvgIpc) is 2.99. The van der Waals surface area contributed by atoms with Gasteiger partial charge in [0.15, 0.2) is 0 Å². The van der Waals surface area contributed by atoms with Crippen molar-refractivity contribution in [3.63, 3.8) is 0 Å². The molecule has 1 N–H and O–H groups in total. The number of carbonyl (C=O) groups is 1. The zero-order chi connectivity index (χ0) is 17.9. The predicted octanol–water partition coefficient (Wildman–Crippen LogP) is 2.28. The zero-order valence-electron chi connectivity index (χ0n) is 14.8. The summed E-state index contributed by atoms with van der Waals surface area (Å²) < 4.78 is 24.8. The molecule has 24 heavy (non-hydrogen) atoms. The lowest BCUT2D eigenvalue weighted by molar-refractivity contribution is -0.119. The number of anilines is 2. The second-order valence-corrected chi connectivity index (χ2v) is 8.38. The monoisotopic (exact) mass is 353 g/mol. The maximum atomic E-state index is 12.4. The van der Waals surface area contributed by atoms with Crippen molar-refractivity contribution >= 4 is 27.3 Å². The Labute approximate surface area is 144 Å². The first-order chi connectivity index (χ1) is 11.2. The molecule has 1 saturated heterocycles. The Balaban J connectivity index is 2.07. The van der Waals surface area contributed by atoms with Crippen LogP contribution in [-0.2, 0) is 14.8 Å². The van der Waals surface area contributed by atoms with Crippen molar-refractivity contribution in [1.29, 1.82) is 0 Å². The minimum Gasteiger partial charge on any atom is -0.369 e. The smallest absolute Gasteiger partial charge is 0.242 e. The first-order valence-corrected chi connectivity index (χ1v) is 10.2. The van der Waals surface area contributed by atoms with E-state index >= 15 is 0 Å². The van der Waals surface area contributed by atoms with Gasteiger partial charge in [-0.1, -0.05) is 0 Å². The lowest BCUT2D eigenvalue weighted by Gasteiger charge is -2.27. The van der Waals surface area contributed by atoms with Crippen molar-refractivity contribution in [3.8, 4) is 0 Å². The second-order valence-electron chi connectivity index (χ2n) is 6.45. The Morgan fingerprint density at radius 2 is 1.96 bits per heavy atom. The van der Waals surface area contributed by atoms with Crippen molar-refractivity contribution in [2.24, 2.45) is 0 Å². The lowest BCUT2D eigenvalue weighted by atomic mass is 10.2. The van der Waals surface area contributed by atoms with E-state index in [1.807, 2.05) is 24.3 Å². The van der Waals surface area contributed by atoms with Crippen molar-refractivity contribution in [2.75, 3.05) is 29.6 Å². The molecule has 134 valence electrons. The molecule has 1 aromatic rings. The summed E-state index contributed by atoms with van der Waals surface area (Å²) >= 11 is 0. The Hall–Kier alpha value is -1.60. The van der Waals surface area contributed by atoms with Crippen LogP contribution in [0.3, 0.4) is 0 Å². The first kappa shape index (κ1) is 18.7. The van der Waals surface area contributed by atoms with Crippen LogP contribution in [0.2, 0.25) is 0 Å². The highest BCUT2D eigenvalue weighted by atomic mass is 32.2. The van der Waals surface area contributed by atoms with E-state index in [9.17, 15) is 13.2 Å². The van der Waals surface area contributed by atoms with Crippen LogP contribution in [0.1, 0.15) is 33.6 Å². The standard InChI is InChI=1S/C17H27N3O3S/c1-5-19(13(2)3)15-10-8-14(9-11-15)18-17(21)16-7-6-12-20(16)24(4,22)23/h8-11,13,16H,5-7,12H2,1-4H3,(H,18,21). The van der Waals surface area contributed by atoms with Gasteiger partial charge in [0, 0.05) is 30.5 Å². The van der Waals surface area contributed by atoms with Gasteiger partial charge in [0.25, 0.3) is 0 Å². The molecule has 2 rings (SSSR count). The molecule has 1 heterocycles. The number of amides is 1. The molecule has 1 atom stereocenters. The van der Waals surface area contributed by atoms with Crippen molar-refractivity contribution < 1.29 is 13.2 Å². The molecule has 1 aromatic carbocycles. The molecule has 1 fully saturated rings. The van der Waals surface area contributed by atoms with Gasteiger partial charge < -0.3 is 10.2 Å². The highest BCUT2D eigenvalue weighted by molar-refractivity contribution is 7.88. The van der Waals surface area contributed by atoms with Crippen LogP contribution >= 0.6 is 0 Å². The molecule has 0 bridgehead atoms. The summed E-state index contributed by atoms with van der Waals surface area (Å²) in [5, 5.41) is 2.84. The first-order valence-electron chi connectivity index (χ1n) is 8.38. The van der Waals surface area contributed by atoms with Crippen LogP contribution in [0.25, 0.3) is 0 Å². The van der Waals surface area contributed by atoms with E-state index in [0.717, 1.165) is 18.5 Å². The summed E-state index contributed by atoms with van der Waals surface area (Å²) in [6, 6.07) is 7.46. The molecule has 1 aliphatic heterocycles. The van der Waals surface area contributed by atoms with Gasteiger partial charge in [-0.2, -0.15) is 4.31 Å². The number of hydrogen-bond acceptors (Lipinski definition) is 4. The highest BCUT2D eigenvalue weighted by Gasteiger charge is 2.36. The third-order valence-corrected chi connectivity index (χ3v) is 5.65. The summed E-state index contributed by atoms with van der Waals surface area (Å²) in [6.45, 7) is 7.71. The zero-order valence-corrected chi connectivity index (χ0v) is 15.6. The van der Waals surface area contributed by atoms with Crippen LogP contribution in [-0.4, -0.2) is 50.1 Å². The molecule has 1 aliphatic rings. The molecular formula is C17H27N3O3S. The normalized spacial score (nSPS) is 18.8. The molecule has 0 aliphatic carbocycles. The maximum absolute atomic E-state index is 12.4. The van der Waals surface area contributed by atoms with Gasteiger partial charge in [-0.3, -0.25) is 4.79 Å². The molecule has 0 saturated carbocycles. The van der Waals surface area contributed by atoms with E-state index in [4.69, 9.17) is 0 Å². The van der Waals surface area contributed by atoms with Crippen LogP contribution in [0.5, 0.6) is 0 Å². The Bertz CT molecular complexity index is 671. The quantitative estimate of drug-likeness (QED) is 0.852. The maximum Gasteiger partial charge on any atom is 0.242 e. The highest BCUT2D eigenvalue weighted by Crippen LogP contribution is 2.23. The van der Waals surface area contributed by atoms with Crippen molar-refractivity contribution in [1.82, 2.24) is 4.31 Å². The molecule has 0 aromatic heterocycles. The van der Waals surface area contributed by atoms with Gasteiger partial charge in [0.1, 0.15) is 6.04 Å². The summed E-state index contributed by atoms with van der Waals surface area (Å²) in [4.78, 5) is 14.7. The van der Waals surface area contributed by atoms with Gasteiger partial charge in [-0.25, -0.2) is 8.42 Å². The van der Waals surface area contributed by atoms with E-state index in [1.165, 1.54) is 4.31 Å². The van der Waals surface area contributed by atoms with E-state index in [1.54, 1.807) is 0 Å². The SMILES string of the molecule is CCN(c1ccc(NC(=O)C2CCCN2S(C)(=O)=O)cc1)C(C)C. The molecule has 0 spiro atoms. The van der Waals surface area contributed by atoms with Gasteiger partial charge in [0.2, 0.25) is 15.9 Å². The van der Waals surface area contributed by atoms with Crippen LogP contribution in [0, 0.1) is 0 Å². The predicted molar refractivity (Wildman–Crippen MR) is 97.8 cm³/mol. The molecule has 6 nitrogen and oxygen atoms in total. The third-order valence-electron chi connectivity index (χ3n) is 4.36. The fourth-order valence-electron chi connectivity index (χ4n) is 3.21. The molecule has 7 heteroatoms. The van der Waals surface area contributed by atoms with Gasteiger partial charge in [-0.05, 0) is 57.9 Å². The van der Waals surface area contributed by atoms with Gasteiger partial charge >= 0.3 is 0 Å². The number of hydrogen-bond donors (Lipinski definition) is 1. The fourth-order valence-corrected chi connectivity index (χ4v) is 4.33. The molecule has 1 amide bonds. The molecular weight excluding hydrogens is 326 g/mol. The Morgan fingerprint density at radius 1 is 1.33 bits per heavy atom. The average molecular weight is 353 g/mol. The van der Waals surface area contributed by atoms with E-state index < -0.39 is 16.1 Å². The number of nitrogens with one attached hydrogen (secondary N) is 1. The fraction of sp³-hybridized carbons (Fsp3) is 0.588. The topological polar surface area (TPSA) is 69.7 Å². The number of sulfonamides is 1. The Morgan fingerprint density at radius 3 is 2.46 bits per heavy atom. The minimum absolute atomic E-state index is 0.262. The van der Waals surface area contributed by atoms with Crippen LogP contribution in [0.4, 0.5) is 11.4 Å². The number of rotatable bonds is 6. The third kappa shape index (κ3) is 4.27. The minimum atomic E-state index is -3.35. The van der Waals surface area contributed by atoms with Gasteiger partial charge in [-0.15, -0.1) is 0 Å². The van der Waals surface area contributed by atoms with Gasteiger partial charge in [0.05, 0.1) is 6.26 Å². The summed E-state index contributed by atoms with van der Waals surface area (Å²) in [7, 11) is -3.35. The van der Waals surface area contributed by atoms with Crippen molar-refractivity contribution in [2.45, 2.75) is 45.7 Å². The van der Waals surface area contributed by atoms with Crippen molar-refractivity contribution in [3.05, 3.63) is 24.3 Å². The lowest BCUT2D eigenvalue weighted by Crippen LogP contribution is -2.42. The largest absolute Gasteiger partial charge is 0.369 e. The summed E-state index contributed by atoms with van der Waals surface area (Å²) in [6.07, 6.45) is 2.43. The van der Waals surface area contributed by atoms with E-state index in [2.05, 4.69) is 31.0 Å². The second kappa shape index (κ2) is 7.53. The van der Waals surface area contributed by atoms with E-state index in [-0.39, 0.29) is 5.91 Å². The summed E-state index contributed by atoms with van der Waals surface area (Å²) in [5.41, 5.74) is 1.79. The van der Waals surface area contributed by atoms with E-state index in [0.29, 0.717) is 31.1 Å². The molecule has 0 radical (unpaired) electrons. The van der Waals surface area contributed by atoms with Crippen LogP contribution < -0.4 is 10.2 Å². The number of benzene rings is 1.